The molecule has 3 rings (SSSR count). The predicted molar refractivity (Wildman–Crippen MR) is 122 cm³/mol. The summed E-state index contributed by atoms with van der Waals surface area (Å²) < 4.78 is 6.92. The molecule has 1 fully saturated rings. The molecule has 0 radical (unpaired) electrons. The highest BCUT2D eigenvalue weighted by molar-refractivity contribution is 6.30. The molecule has 1 N–H and O–H groups in total. The maximum atomic E-state index is 13.4. The van der Waals surface area contributed by atoms with Crippen molar-refractivity contribution in [2.45, 2.75) is 32.4 Å². The summed E-state index contributed by atoms with van der Waals surface area (Å²) in [6.45, 7) is 4.76. The van der Waals surface area contributed by atoms with Gasteiger partial charge in [0.05, 0.1) is 6.61 Å². The number of benzene rings is 1. The smallest absolute Gasteiger partial charge is 0.263 e. The summed E-state index contributed by atoms with van der Waals surface area (Å²) in [4.78, 5) is 28.3. The number of aromatic nitrogens is 1. The van der Waals surface area contributed by atoms with Gasteiger partial charge in [-0.3, -0.25) is 9.59 Å². The van der Waals surface area contributed by atoms with Gasteiger partial charge in [-0.15, -0.1) is 12.4 Å². The van der Waals surface area contributed by atoms with Gasteiger partial charge in [-0.05, 0) is 62.2 Å². The van der Waals surface area contributed by atoms with Crippen LogP contribution in [-0.2, 0) is 11.3 Å². The second kappa shape index (κ2) is 11.5. The summed E-state index contributed by atoms with van der Waals surface area (Å²) in [5.41, 5.74) is 1.69. The topological polar surface area (TPSA) is 63.6 Å². The van der Waals surface area contributed by atoms with E-state index in [1.165, 1.54) is 0 Å². The fourth-order valence-corrected chi connectivity index (χ4v) is 3.82. The van der Waals surface area contributed by atoms with E-state index in [0.29, 0.717) is 30.3 Å². The van der Waals surface area contributed by atoms with Crippen LogP contribution < -0.4 is 10.9 Å². The van der Waals surface area contributed by atoms with Crippen molar-refractivity contribution in [2.75, 3.05) is 33.4 Å². The molecule has 0 aliphatic carbocycles. The van der Waals surface area contributed by atoms with Crippen molar-refractivity contribution >= 4 is 29.9 Å². The lowest BCUT2D eigenvalue weighted by molar-refractivity contribution is 0.0677. The lowest BCUT2D eigenvalue weighted by Crippen LogP contribution is -2.41. The Morgan fingerprint density at radius 1 is 1.23 bits per heavy atom. The first-order chi connectivity index (χ1) is 14.0. The van der Waals surface area contributed by atoms with Gasteiger partial charge in [0.2, 0.25) is 0 Å². The number of methoxy groups -OCH3 is 1. The Hall–Kier alpha value is -1.86. The first kappa shape index (κ1) is 24.4. The summed E-state index contributed by atoms with van der Waals surface area (Å²) in [5.74, 6) is -0.261. The largest absolute Gasteiger partial charge is 0.383 e. The number of carbonyl (C=O) groups excluding carboxylic acids is 1. The molecule has 0 spiro atoms. The highest BCUT2D eigenvalue weighted by Crippen LogP contribution is 2.19. The molecule has 0 unspecified atom stereocenters. The molecule has 30 heavy (non-hydrogen) atoms. The van der Waals surface area contributed by atoms with Crippen LogP contribution in [0.4, 0.5) is 0 Å². The zero-order valence-electron chi connectivity index (χ0n) is 17.4. The van der Waals surface area contributed by atoms with Crippen LogP contribution >= 0.6 is 24.0 Å². The molecule has 0 bridgehead atoms. The standard InChI is InChI=1S/C22H28ClN3O3.ClH/c1-16-9-12-26(19-7-10-24-11-8-19)22(28)20(16)21(27)25(13-14-29-2)15-17-3-5-18(23)6-4-17;/h3-6,9,12,19,24H,7-8,10-11,13-15H2,1-2H3;1H. The fraction of sp³-hybridized carbons (Fsp3) is 0.455. The van der Waals surface area contributed by atoms with Gasteiger partial charge in [0.15, 0.2) is 0 Å². The Morgan fingerprint density at radius 3 is 2.53 bits per heavy atom. The van der Waals surface area contributed by atoms with Crippen molar-refractivity contribution in [2.24, 2.45) is 0 Å². The number of rotatable bonds is 7. The minimum Gasteiger partial charge on any atom is -0.383 e. The molecular weight excluding hydrogens is 425 g/mol. The monoisotopic (exact) mass is 453 g/mol. The molecule has 2 heterocycles. The summed E-state index contributed by atoms with van der Waals surface area (Å²) >= 11 is 5.97. The molecule has 1 amide bonds. The van der Waals surface area contributed by atoms with Gasteiger partial charge in [-0.25, -0.2) is 0 Å². The van der Waals surface area contributed by atoms with E-state index in [1.54, 1.807) is 28.7 Å². The van der Waals surface area contributed by atoms with Crippen molar-refractivity contribution < 1.29 is 9.53 Å². The molecule has 6 nitrogen and oxygen atoms in total. The third-order valence-corrected chi connectivity index (χ3v) is 5.63. The molecule has 1 aliphatic heterocycles. The minimum absolute atomic E-state index is 0. The Balaban J connectivity index is 0.00000320. The summed E-state index contributed by atoms with van der Waals surface area (Å²) in [5, 5.41) is 3.96. The quantitative estimate of drug-likeness (QED) is 0.696. The molecule has 1 aliphatic rings. The van der Waals surface area contributed by atoms with Crippen LogP contribution in [0.5, 0.6) is 0 Å². The van der Waals surface area contributed by atoms with Crippen molar-refractivity contribution in [1.29, 1.82) is 0 Å². The molecule has 1 aromatic heterocycles. The predicted octanol–water partition coefficient (Wildman–Crippen LogP) is 3.45. The van der Waals surface area contributed by atoms with Crippen molar-refractivity contribution in [3.05, 3.63) is 68.6 Å². The number of pyridine rings is 1. The van der Waals surface area contributed by atoms with Gasteiger partial charge in [-0.1, -0.05) is 23.7 Å². The maximum absolute atomic E-state index is 13.4. The van der Waals surface area contributed by atoms with E-state index in [4.69, 9.17) is 16.3 Å². The number of hydrogen-bond donors (Lipinski definition) is 1. The van der Waals surface area contributed by atoms with Gasteiger partial charge < -0.3 is 19.5 Å². The number of hydrogen-bond acceptors (Lipinski definition) is 4. The SMILES string of the molecule is COCCN(Cc1ccc(Cl)cc1)C(=O)c1c(C)ccn(C2CCNCC2)c1=O.Cl. The van der Waals surface area contributed by atoms with Crippen molar-refractivity contribution in [1.82, 2.24) is 14.8 Å². The third-order valence-electron chi connectivity index (χ3n) is 5.38. The van der Waals surface area contributed by atoms with Gasteiger partial charge in [-0.2, -0.15) is 0 Å². The number of halogens is 2. The van der Waals surface area contributed by atoms with E-state index in [2.05, 4.69) is 5.32 Å². The summed E-state index contributed by atoms with van der Waals surface area (Å²) in [6, 6.07) is 9.37. The summed E-state index contributed by atoms with van der Waals surface area (Å²) in [6.07, 6.45) is 3.59. The van der Waals surface area contributed by atoms with Gasteiger partial charge >= 0.3 is 0 Å². The number of carbonyl (C=O) groups is 1. The summed E-state index contributed by atoms with van der Waals surface area (Å²) in [7, 11) is 1.60. The highest BCUT2D eigenvalue weighted by Gasteiger charge is 2.25. The van der Waals surface area contributed by atoms with Gasteiger partial charge in [0.1, 0.15) is 5.56 Å². The number of amides is 1. The molecule has 1 aromatic carbocycles. The number of nitrogens with zero attached hydrogens (tertiary/aromatic N) is 2. The fourth-order valence-electron chi connectivity index (χ4n) is 3.70. The first-order valence-electron chi connectivity index (χ1n) is 9.96. The van der Waals surface area contributed by atoms with Gasteiger partial charge in [0.25, 0.3) is 11.5 Å². The van der Waals surface area contributed by atoms with E-state index in [1.807, 2.05) is 31.3 Å². The van der Waals surface area contributed by atoms with Crippen LogP contribution in [-0.4, -0.2) is 48.7 Å². The lowest BCUT2D eigenvalue weighted by Gasteiger charge is -2.27. The van der Waals surface area contributed by atoms with Crippen LogP contribution in [0.3, 0.4) is 0 Å². The van der Waals surface area contributed by atoms with Crippen molar-refractivity contribution in [3.8, 4) is 0 Å². The molecule has 0 atom stereocenters. The zero-order chi connectivity index (χ0) is 20.8. The Morgan fingerprint density at radius 2 is 1.90 bits per heavy atom. The van der Waals surface area contributed by atoms with Crippen LogP contribution in [0.15, 0.2) is 41.3 Å². The average molecular weight is 454 g/mol. The van der Waals surface area contributed by atoms with Crippen LogP contribution in [0.2, 0.25) is 5.02 Å². The first-order valence-corrected chi connectivity index (χ1v) is 10.3. The lowest BCUT2D eigenvalue weighted by atomic mass is 10.0. The normalized spacial score (nSPS) is 14.2. The maximum Gasteiger partial charge on any atom is 0.263 e. The Labute approximate surface area is 188 Å². The Kier molecular flexibility index (Phi) is 9.37. The van der Waals surface area contributed by atoms with E-state index < -0.39 is 0 Å². The molecular formula is C22H29Cl2N3O3. The molecule has 0 saturated carbocycles. The molecule has 2 aromatic rings. The van der Waals surface area contributed by atoms with Gasteiger partial charge in [0, 0.05) is 37.5 Å². The molecule has 1 saturated heterocycles. The second-order valence-electron chi connectivity index (χ2n) is 7.41. The highest BCUT2D eigenvalue weighted by atomic mass is 35.5. The van der Waals surface area contributed by atoms with Crippen LogP contribution in [0.25, 0.3) is 0 Å². The Bertz CT molecular complexity index is 893. The van der Waals surface area contributed by atoms with Crippen LogP contribution in [0, 0.1) is 6.92 Å². The average Bonchev–Trinajstić information content (AvgIpc) is 2.73. The van der Waals surface area contributed by atoms with E-state index in [0.717, 1.165) is 31.5 Å². The number of nitrogens with one attached hydrogen (secondary N) is 1. The third kappa shape index (κ3) is 5.85. The second-order valence-corrected chi connectivity index (χ2v) is 7.85. The van der Waals surface area contributed by atoms with E-state index in [9.17, 15) is 9.59 Å². The number of aryl methyl sites for hydroxylation is 1. The number of ether oxygens (including phenoxy) is 1. The van der Waals surface area contributed by atoms with E-state index >= 15 is 0 Å². The molecule has 8 heteroatoms. The van der Waals surface area contributed by atoms with Crippen molar-refractivity contribution in [3.63, 3.8) is 0 Å². The zero-order valence-corrected chi connectivity index (χ0v) is 19.0. The minimum atomic E-state index is -0.261. The van der Waals surface area contributed by atoms with E-state index in [-0.39, 0.29) is 35.5 Å². The molecule has 164 valence electrons. The van der Waals surface area contributed by atoms with Crippen LogP contribution in [0.1, 0.15) is 40.4 Å². The number of piperidine rings is 1.